The number of rotatable bonds is 5. The SMILES string of the molecule is CCCn1nc2nc(-c3cn[nH]c3)cc(-c3ccc(S(C)(=O)=O)cc3)c2c1C. The molecule has 1 aromatic carbocycles. The smallest absolute Gasteiger partial charge is 0.182 e. The molecule has 0 aliphatic heterocycles. The first-order chi connectivity index (χ1) is 13.4. The number of pyridine rings is 1. The van der Waals surface area contributed by atoms with Crippen molar-refractivity contribution in [3.8, 4) is 22.4 Å². The van der Waals surface area contributed by atoms with Gasteiger partial charge in [0.25, 0.3) is 0 Å². The molecule has 3 aromatic heterocycles. The molecule has 0 saturated heterocycles. The Morgan fingerprint density at radius 3 is 2.50 bits per heavy atom. The minimum Gasteiger partial charge on any atom is -0.285 e. The van der Waals surface area contributed by atoms with Gasteiger partial charge in [0, 0.05) is 35.6 Å². The molecule has 0 atom stereocenters. The van der Waals surface area contributed by atoms with E-state index in [2.05, 4.69) is 17.1 Å². The van der Waals surface area contributed by atoms with Gasteiger partial charge in [-0.25, -0.2) is 13.4 Å². The number of aryl methyl sites for hydroxylation is 2. The first kappa shape index (κ1) is 18.4. The maximum absolute atomic E-state index is 11.8. The third-order valence-corrected chi connectivity index (χ3v) is 5.92. The van der Waals surface area contributed by atoms with Crippen LogP contribution in [0.5, 0.6) is 0 Å². The molecule has 8 heteroatoms. The van der Waals surface area contributed by atoms with Crippen molar-refractivity contribution in [3.63, 3.8) is 0 Å². The summed E-state index contributed by atoms with van der Waals surface area (Å²) in [6.07, 6.45) is 5.70. The van der Waals surface area contributed by atoms with Crippen molar-refractivity contribution < 1.29 is 8.42 Å². The van der Waals surface area contributed by atoms with Crippen molar-refractivity contribution in [2.24, 2.45) is 0 Å². The van der Waals surface area contributed by atoms with E-state index < -0.39 is 9.84 Å². The summed E-state index contributed by atoms with van der Waals surface area (Å²) in [5, 5.41) is 12.5. The zero-order valence-corrected chi connectivity index (χ0v) is 16.8. The summed E-state index contributed by atoms with van der Waals surface area (Å²) in [5.41, 5.74) is 5.25. The molecular formula is C20H21N5O2S. The maximum atomic E-state index is 11.8. The van der Waals surface area contributed by atoms with Gasteiger partial charge >= 0.3 is 0 Å². The number of benzene rings is 1. The number of aromatic amines is 1. The topological polar surface area (TPSA) is 93.5 Å². The van der Waals surface area contributed by atoms with Crippen LogP contribution in [0, 0.1) is 6.92 Å². The number of nitrogens with zero attached hydrogens (tertiary/aromatic N) is 4. The highest BCUT2D eigenvalue weighted by Crippen LogP contribution is 2.34. The molecule has 4 aromatic rings. The van der Waals surface area contributed by atoms with E-state index in [9.17, 15) is 8.42 Å². The van der Waals surface area contributed by atoms with E-state index in [1.54, 1.807) is 24.5 Å². The number of H-pyrrole nitrogens is 1. The van der Waals surface area contributed by atoms with Crippen LogP contribution in [0.3, 0.4) is 0 Å². The number of hydrogen-bond donors (Lipinski definition) is 1. The van der Waals surface area contributed by atoms with E-state index in [1.807, 2.05) is 29.8 Å². The summed E-state index contributed by atoms with van der Waals surface area (Å²) in [6.45, 7) is 4.97. The van der Waals surface area contributed by atoms with Gasteiger partial charge in [0.05, 0.1) is 16.8 Å². The van der Waals surface area contributed by atoms with Crippen LogP contribution in [-0.2, 0) is 16.4 Å². The lowest BCUT2D eigenvalue weighted by Gasteiger charge is -2.08. The van der Waals surface area contributed by atoms with Crippen LogP contribution in [0.2, 0.25) is 0 Å². The molecule has 7 nitrogen and oxygen atoms in total. The molecule has 1 N–H and O–H groups in total. The van der Waals surface area contributed by atoms with Crippen molar-refractivity contribution in [2.45, 2.75) is 31.7 Å². The summed E-state index contributed by atoms with van der Waals surface area (Å²) >= 11 is 0. The van der Waals surface area contributed by atoms with E-state index in [1.165, 1.54) is 6.26 Å². The maximum Gasteiger partial charge on any atom is 0.182 e. The fraction of sp³-hybridized carbons (Fsp3) is 0.250. The van der Waals surface area contributed by atoms with Crippen molar-refractivity contribution in [3.05, 3.63) is 48.4 Å². The molecular weight excluding hydrogens is 374 g/mol. The Hall–Kier alpha value is -3.00. The highest BCUT2D eigenvalue weighted by Gasteiger charge is 2.17. The van der Waals surface area contributed by atoms with Crippen LogP contribution in [0.15, 0.2) is 47.6 Å². The average molecular weight is 395 g/mol. The number of aromatic nitrogens is 5. The molecule has 0 radical (unpaired) electrons. The van der Waals surface area contributed by atoms with Gasteiger partial charge in [0.1, 0.15) is 0 Å². The highest BCUT2D eigenvalue weighted by atomic mass is 32.2. The summed E-state index contributed by atoms with van der Waals surface area (Å²) in [7, 11) is -3.24. The van der Waals surface area contributed by atoms with E-state index in [4.69, 9.17) is 10.1 Å². The summed E-state index contributed by atoms with van der Waals surface area (Å²) in [4.78, 5) is 5.04. The third kappa shape index (κ3) is 3.20. The van der Waals surface area contributed by atoms with Crippen LogP contribution in [0.25, 0.3) is 33.4 Å². The lowest BCUT2D eigenvalue weighted by molar-refractivity contribution is 0.592. The molecule has 0 fully saturated rings. The second-order valence-corrected chi connectivity index (χ2v) is 8.86. The molecule has 4 rings (SSSR count). The number of fused-ring (bicyclic) bond motifs is 1. The van der Waals surface area contributed by atoms with E-state index >= 15 is 0 Å². The van der Waals surface area contributed by atoms with Crippen LogP contribution >= 0.6 is 0 Å². The number of sulfone groups is 1. The van der Waals surface area contributed by atoms with Crippen LogP contribution in [0.4, 0.5) is 0 Å². The number of nitrogens with one attached hydrogen (secondary N) is 1. The summed E-state index contributed by atoms with van der Waals surface area (Å²) in [6, 6.07) is 8.95. The fourth-order valence-corrected chi connectivity index (χ4v) is 3.99. The Balaban J connectivity index is 1.97. The Morgan fingerprint density at radius 2 is 1.89 bits per heavy atom. The molecule has 0 bridgehead atoms. The monoisotopic (exact) mass is 395 g/mol. The van der Waals surface area contributed by atoms with Gasteiger partial charge in [-0.05, 0) is 42.7 Å². The highest BCUT2D eigenvalue weighted by molar-refractivity contribution is 7.90. The zero-order chi connectivity index (χ0) is 19.9. The van der Waals surface area contributed by atoms with Crippen molar-refractivity contribution in [2.75, 3.05) is 6.26 Å². The average Bonchev–Trinajstić information content (AvgIpc) is 3.30. The zero-order valence-electron chi connectivity index (χ0n) is 16.0. The normalized spacial score (nSPS) is 12.0. The van der Waals surface area contributed by atoms with Gasteiger partial charge < -0.3 is 0 Å². The van der Waals surface area contributed by atoms with Gasteiger partial charge in [0.2, 0.25) is 0 Å². The van der Waals surface area contributed by atoms with Gasteiger partial charge in [0.15, 0.2) is 15.5 Å². The van der Waals surface area contributed by atoms with Gasteiger partial charge in [-0.1, -0.05) is 19.1 Å². The Morgan fingerprint density at radius 1 is 1.14 bits per heavy atom. The van der Waals surface area contributed by atoms with Gasteiger partial charge in [-0.3, -0.25) is 9.78 Å². The molecule has 28 heavy (non-hydrogen) atoms. The summed E-state index contributed by atoms with van der Waals surface area (Å²) < 4.78 is 25.6. The second-order valence-electron chi connectivity index (χ2n) is 6.85. The Bertz CT molecular complexity index is 1240. The standard InChI is InChI=1S/C20H21N5O2S/c1-4-9-25-13(2)19-17(14-5-7-16(8-6-14)28(3,26)27)10-18(23-20(19)24-25)15-11-21-22-12-15/h5-8,10-12H,4,9H2,1-3H3,(H,21,22). The van der Waals surface area contributed by atoms with Crippen molar-refractivity contribution in [1.82, 2.24) is 25.0 Å². The largest absolute Gasteiger partial charge is 0.285 e. The molecule has 0 unspecified atom stereocenters. The van der Waals surface area contributed by atoms with Crippen molar-refractivity contribution >= 4 is 20.9 Å². The molecule has 3 heterocycles. The predicted octanol–water partition coefficient (Wildman–Crippen LogP) is 3.61. The lowest BCUT2D eigenvalue weighted by atomic mass is 10.00. The van der Waals surface area contributed by atoms with E-state index in [-0.39, 0.29) is 0 Å². The minimum absolute atomic E-state index is 0.301. The number of hydrogen-bond acceptors (Lipinski definition) is 5. The second kappa shape index (κ2) is 6.87. The minimum atomic E-state index is -3.24. The van der Waals surface area contributed by atoms with Crippen molar-refractivity contribution in [1.29, 1.82) is 0 Å². The first-order valence-electron chi connectivity index (χ1n) is 9.06. The molecule has 0 aliphatic carbocycles. The molecule has 0 spiro atoms. The predicted molar refractivity (Wildman–Crippen MR) is 109 cm³/mol. The quantitative estimate of drug-likeness (QED) is 0.557. The van der Waals surface area contributed by atoms with Crippen LogP contribution < -0.4 is 0 Å². The molecule has 0 aliphatic rings. The van der Waals surface area contributed by atoms with Gasteiger partial charge in [-0.15, -0.1) is 0 Å². The summed E-state index contributed by atoms with van der Waals surface area (Å²) in [5.74, 6) is 0. The van der Waals surface area contributed by atoms with E-state index in [0.717, 1.165) is 46.4 Å². The lowest BCUT2D eigenvalue weighted by Crippen LogP contribution is -2.00. The Kier molecular flexibility index (Phi) is 4.50. The van der Waals surface area contributed by atoms with Gasteiger partial charge in [-0.2, -0.15) is 10.2 Å². The van der Waals surface area contributed by atoms with Crippen LogP contribution in [0.1, 0.15) is 19.0 Å². The molecule has 0 saturated carbocycles. The van der Waals surface area contributed by atoms with Crippen LogP contribution in [-0.4, -0.2) is 39.6 Å². The molecule has 0 amide bonds. The van der Waals surface area contributed by atoms with E-state index in [0.29, 0.717) is 10.5 Å². The molecule has 144 valence electrons. The third-order valence-electron chi connectivity index (χ3n) is 4.79. The Labute approximate surface area is 163 Å². The fourth-order valence-electron chi connectivity index (χ4n) is 3.36. The first-order valence-corrected chi connectivity index (χ1v) is 11.0.